The molecule has 0 spiro atoms. The fraction of sp³-hybridized carbons (Fsp3) is 1.00. The van der Waals surface area contributed by atoms with E-state index < -0.39 is 0 Å². The van der Waals surface area contributed by atoms with Crippen LogP contribution in [0.5, 0.6) is 0 Å². The molecule has 2 fully saturated rings. The molecule has 0 unspecified atom stereocenters. The standard InChI is InChI=1S/C14H29N3/c1-17-10-5-13(6-11-17)2-9-16-12-14-3-7-15-8-4-14/h13-16H,2-12H2,1H3. The summed E-state index contributed by atoms with van der Waals surface area (Å²) in [5, 5.41) is 7.10. The maximum absolute atomic E-state index is 3.67. The molecule has 2 aliphatic heterocycles. The summed E-state index contributed by atoms with van der Waals surface area (Å²) in [5.41, 5.74) is 0. The Kier molecular flexibility index (Phi) is 5.75. The second kappa shape index (κ2) is 7.34. The van der Waals surface area contributed by atoms with Crippen molar-refractivity contribution in [2.24, 2.45) is 11.8 Å². The van der Waals surface area contributed by atoms with Gasteiger partial charge in [-0.15, -0.1) is 0 Å². The van der Waals surface area contributed by atoms with E-state index >= 15 is 0 Å². The van der Waals surface area contributed by atoms with Crippen LogP contribution in [0.4, 0.5) is 0 Å². The quantitative estimate of drug-likeness (QED) is 0.708. The molecular formula is C14H29N3. The summed E-state index contributed by atoms with van der Waals surface area (Å²) >= 11 is 0. The molecule has 0 atom stereocenters. The molecule has 0 saturated carbocycles. The lowest BCUT2D eigenvalue weighted by molar-refractivity contribution is 0.210. The van der Waals surface area contributed by atoms with E-state index in [-0.39, 0.29) is 0 Å². The first kappa shape index (κ1) is 13.3. The maximum Gasteiger partial charge on any atom is -0.00191 e. The molecule has 2 saturated heterocycles. The monoisotopic (exact) mass is 239 g/mol. The van der Waals surface area contributed by atoms with Gasteiger partial charge in [-0.3, -0.25) is 0 Å². The summed E-state index contributed by atoms with van der Waals surface area (Å²) in [4.78, 5) is 2.46. The van der Waals surface area contributed by atoms with Crippen molar-refractivity contribution in [3.63, 3.8) is 0 Å². The van der Waals surface area contributed by atoms with Gasteiger partial charge in [-0.25, -0.2) is 0 Å². The van der Waals surface area contributed by atoms with Gasteiger partial charge in [0.1, 0.15) is 0 Å². The third-order valence-electron chi connectivity index (χ3n) is 4.46. The number of hydrogen-bond acceptors (Lipinski definition) is 3. The predicted molar refractivity (Wildman–Crippen MR) is 73.3 cm³/mol. The zero-order chi connectivity index (χ0) is 11.9. The molecule has 0 aromatic rings. The summed E-state index contributed by atoms with van der Waals surface area (Å²) in [6, 6.07) is 0. The van der Waals surface area contributed by atoms with Crippen LogP contribution in [0.1, 0.15) is 32.1 Å². The molecule has 0 bridgehead atoms. The molecule has 3 heteroatoms. The number of nitrogens with zero attached hydrogens (tertiary/aromatic N) is 1. The smallest absolute Gasteiger partial charge is 0.00191 e. The molecule has 2 N–H and O–H groups in total. The highest BCUT2D eigenvalue weighted by molar-refractivity contribution is 4.73. The Balaban J connectivity index is 1.48. The van der Waals surface area contributed by atoms with Crippen LogP contribution in [0.25, 0.3) is 0 Å². The summed E-state index contributed by atoms with van der Waals surface area (Å²) < 4.78 is 0. The van der Waals surface area contributed by atoms with E-state index in [0.29, 0.717) is 0 Å². The molecule has 0 aromatic carbocycles. The minimum absolute atomic E-state index is 0.925. The first-order valence-electron chi connectivity index (χ1n) is 7.44. The van der Waals surface area contributed by atoms with Gasteiger partial charge in [0.15, 0.2) is 0 Å². The van der Waals surface area contributed by atoms with Gasteiger partial charge in [-0.05, 0) is 90.3 Å². The molecule has 0 aliphatic carbocycles. The van der Waals surface area contributed by atoms with Gasteiger partial charge >= 0.3 is 0 Å². The number of hydrogen-bond donors (Lipinski definition) is 2. The molecule has 0 amide bonds. The fourth-order valence-corrected chi connectivity index (χ4v) is 3.05. The van der Waals surface area contributed by atoms with Crippen LogP contribution in [0, 0.1) is 11.8 Å². The molecule has 17 heavy (non-hydrogen) atoms. The molecule has 0 radical (unpaired) electrons. The summed E-state index contributed by atoms with van der Waals surface area (Å²) in [5.74, 6) is 1.90. The van der Waals surface area contributed by atoms with Crippen molar-refractivity contribution < 1.29 is 0 Å². The number of rotatable bonds is 5. The average Bonchev–Trinajstić information content (AvgIpc) is 2.38. The van der Waals surface area contributed by atoms with E-state index in [1.54, 1.807) is 0 Å². The Morgan fingerprint density at radius 2 is 1.76 bits per heavy atom. The van der Waals surface area contributed by atoms with E-state index in [2.05, 4.69) is 22.6 Å². The van der Waals surface area contributed by atoms with Gasteiger partial charge in [-0.2, -0.15) is 0 Å². The van der Waals surface area contributed by atoms with Crippen LogP contribution in [-0.4, -0.2) is 51.2 Å². The minimum atomic E-state index is 0.925. The molecule has 100 valence electrons. The zero-order valence-electron chi connectivity index (χ0n) is 11.4. The van der Waals surface area contributed by atoms with E-state index in [9.17, 15) is 0 Å². The summed E-state index contributed by atoms with van der Waals surface area (Å²) in [6.07, 6.45) is 6.93. The maximum atomic E-state index is 3.67. The van der Waals surface area contributed by atoms with Crippen molar-refractivity contribution in [2.45, 2.75) is 32.1 Å². The Hall–Kier alpha value is -0.120. The molecule has 2 heterocycles. The van der Waals surface area contributed by atoms with Crippen molar-refractivity contribution in [1.82, 2.24) is 15.5 Å². The van der Waals surface area contributed by atoms with Gasteiger partial charge in [0, 0.05) is 0 Å². The van der Waals surface area contributed by atoms with E-state index in [4.69, 9.17) is 0 Å². The lowest BCUT2D eigenvalue weighted by Crippen LogP contribution is -2.35. The van der Waals surface area contributed by atoms with Crippen LogP contribution in [0.2, 0.25) is 0 Å². The van der Waals surface area contributed by atoms with E-state index in [1.807, 2.05) is 0 Å². The van der Waals surface area contributed by atoms with Crippen molar-refractivity contribution in [2.75, 3.05) is 46.3 Å². The molecule has 2 rings (SSSR count). The van der Waals surface area contributed by atoms with Crippen LogP contribution in [0.15, 0.2) is 0 Å². The molecular weight excluding hydrogens is 210 g/mol. The second-order valence-corrected chi connectivity index (χ2v) is 5.93. The molecule has 3 nitrogen and oxygen atoms in total. The second-order valence-electron chi connectivity index (χ2n) is 5.93. The predicted octanol–water partition coefficient (Wildman–Crippen LogP) is 1.31. The Labute approximate surface area is 106 Å². The van der Waals surface area contributed by atoms with Crippen LogP contribution < -0.4 is 10.6 Å². The van der Waals surface area contributed by atoms with Gasteiger partial charge in [0.2, 0.25) is 0 Å². The van der Waals surface area contributed by atoms with Crippen molar-refractivity contribution in [1.29, 1.82) is 0 Å². The van der Waals surface area contributed by atoms with Gasteiger partial charge < -0.3 is 15.5 Å². The Morgan fingerprint density at radius 3 is 2.47 bits per heavy atom. The SMILES string of the molecule is CN1CCC(CCNCC2CCNCC2)CC1. The minimum Gasteiger partial charge on any atom is -0.317 e. The third kappa shape index (κ3) is 4.94. The topological polar surface area (TPSA) is 27.3 Å². The van der Waals surface area contributed by atoms with Crippen molar-refractivity contribution in [3.8, 4) is 0 Å². The van der Waals surface area contributed by atoms with Crippen LogP contribution >= 0.6 is 0 Å². The Morgan fingerprint density at radius 1 is 1.06 bits per heavy atom. The third-order valence-corrected chi connectivity index (χ3v) is 4.46. The molecule has 0 aromatic heterocycles. The number of nitrogens with one attached hydrogen (secondary N) is 2. The van der Waals surface area contributed by atoms with Gasteiger partial charge in [0.25, 0.3) is 0 Å². The largest absolute Gasteiger partial charge is 0.317 e. The lowest BCUT2D eigenvalue weighted by atomic mass is 9.93. The fourth-order valence-electron chi connectivity index (χ4n) is 3.05. The lowest BCUT2D eigenvalue weighted by Gasteiger charge is -2.29. The van der Waals surface area contributed by atoms with Crippen molar-refractivity contribution in [3.05, 3.63) is 0 Å². The van der Waals surface area contributed by atoms with Gasteiger partial charge in [-0.1, -0.05) is 0 Å². The van der Waals surface area contributed by atoms with Crippen molar-refractivity contribution >= 4 is 0 Å². The van der Waals surface area contributed by atoms with Crippen LogP contribution in [-0.2, 0) is 0 Å². The normalized spacial score (nSPS) is 25.2. The molecule has 2 aliphatic rings. The number of piperidine rings is 2. The highest BCUT2D eigenvalue weighted by Gasteiger charge is 2.16. The van der Waals surface area contributed by atoms with Gasteiger partial charge in [0.05, 0.1) is 0 Å². The first-order chi connectivity index (χ1) is 8.34. The average molecular weight is 239 g/mol. The van der Waals surface area contributed by atoms with E-state index in [0.717, 1.165) is 11.8 Å². The van der Waals surface area contributed by atoms with E-state index in [1.165, 1.54) is 71.4 Å². The first-order valence-corrected chi connectivity index (χ1v) is 7.44. The summed E-state index contributed by atoms with van der Waals surface area (Å²) in [6.45, 7) is 7.53. The Bertz CT molecular complexity index is 194. The number of likely N-dealkylation sites (tertiary alicyclic amines) is 1. The van der Waals surface area contributed by atoms with Crippen LogP contribution in [0.3, 0.4) is 0 Å². The summed E-state index contributed by atoms with van der Waals surface area (Å²) in [7, 11) is 2.24. The highest BCUT2D eigenvalue weighted by atomic mass is 15.1. The highest BCUT2D eigenvalue weighted by Crippen LogP contribution is 2.18. The zero-order valence-corrected chi connectivity index (χ0v) is 11.4.